The average Bonchev–Trinajstić information content (AvgIpc) is 3.13. The van der Waals surface area contributed by atoms with Crippen molar-refractivity contribution in [3.63, 3.8) is 0 Å². The first kappa shape index (κ1) is 24.5. The number of carbonyl (C=O) groups excluding carboxylic acids is 2. The van der Waals surface area contributed by atoms with Crippen LogP contribution >= 0.6 is 11.6 Å². The molecule has 1 N–H and O–H groups in total. The molecule has 9 heteroatoms. The summed E-state index contributed by atoms with van der Waals surface area (Å²) in [7, 11) is 1.000. The Labute approximate surface area is 201 Å². The van der Waals surface area contributed by atoms with E-state index in [1.165, 1.54) is 13.5 Å². The highest BCUT2D eigenvalue weighted by molar-refractivity contribution is 6.47. The number of benzene rings is 1. The van der Waals surface area contributed by atoms with E-state index in [9.17, 15) is 9.59 Å². The lowest BCUT2D eigenvalue weighted by molar-refractivity contribution is -0.199. The monoisotopic (exact) mass is 477 g/mol. The zero-order valence-corrected chi connectivity index (χ0v) is 20.7. The fourth-order valence-corrected chi connectivity index (χ4v) is 6.22. The van der Waals surface area contributed by atoms with Gasteiger partial charge in [0.2, 0.25) is 0 Å². The van der Waals surface area contributed by atoms with E-state index >= 15 is 0 Å². The van der Waals surface area contributed by atoms with Gasteiger partial charge < -0.3 is 24.1 Å². The molecule has 4 fully saturated rings. The number of para-hydroxylation sites is 1. The summed E-state index contributed by atoms with van der Waals surface area (Å²) in [4.78, 5) is 24.1. The highest BCUT2D eigenvalue weighted by Crippen LogP contribution is 2.65. The molecular weight excluding hydrogens is 445 g/mol. The van der Waals surface area contributed by atoms with Crippen LogP contribution < -0.4 is 10.1 Å². The molecule has 7 nitrogen and oxygen atoms in total. The molecule has 1 heterocycles. The van der Waals surface area contributed by atoms with Crippen LogP contribution in [0.5, 0.6) is 5.75 Å². The summed E-state index contributed by atoms with van der Waals surface area (Å²) in [5, 5.41) is 3.32. The largest absolute Gasteiger partial charge is 0.496 e. The molecule has 1 saturated heterocycles. The van der Waals surface area contributed by atoms with Gasteiger partial charge in [-0.05, 0) is 62.0 Å². The molecule has 33 heavy (non-hydrogen) atoms. The Morgan fingerprint density at radius 2 is 2.06 bits per heavy atom. The van der Waals surface area contributed by atoms with E-state index in [0.29, 0.717) is 29.6 Å². The molecule has 0 aromatic heterocycles. The summed E-state index contributed by atoms with van der Waals surface area (Å²) in [6, 6.07) is 5.07. The average molecular weight is 478 g/mol. The molecule has 180 valence electrons. The number of ether oxygens (including phenoxy) is 2. The zero-order chi connectivity index (χ0) is 24.0. The second-order valence-electron chi connectivity index (χ2n) is 10.3. The molecule has 0 spiro atoms. The van der Waals surface area contributed by atoms with Gasteiger partial charge in [-0.1, -0.05) is 37.6 Å². The number of nitrogens with one attached hydrogen (secondary N) is 1. The summed E-state index contributed by atoms with van der Waals surface area (Å²) in [5.41, 5.74) is 0.984. The van der Waals surface area contributed by atoms with Gasteiger partial charge in [-0.25, -0.2) is 4.79 Å². The predicted octanol–water partition coefficient (Wildman–Crippen LogP) is 3.41. The highest BCUT2D eigenvalue weighted by atomic mass is 35.5. The van der Waals surface area contributed by atoms with E-state index in [4.69, 9.17) is 30.4 Å². The number of hydrogen-bond donors (Lipinski definition) is 1. The highest BCUT2D eigenvalue weighted by Gasteiger charge is 2.68. The van der Waals surface area contributed by atoms with Crippen molar-refractivity contribution < 1.29 is 28.4 Å². The number of Topliss-reactive ketones (excluding diaryl/α,β-unsaturated/α-hetero) is 1. The van der Waals surface area contributed by atoms with E-state index in [2.05, 4.69) is 26.1 Å². The first-order chi connectivity index (χ1) is 15.6. The molecule has 5 rings (SSSR count). The van der Waals surface area contributed by atoms with Crippen LogP contribution in [0.1, 0.15) is 56.5 Å². The summed E-state index contributed by atoms with van der Waals surface area (Å²) in [6.07, 6.45) is 2.63. The van der Waals surface area contributed by atoms with Crippen molar-refractivity contribution in [2.45, 2.75) is 64.6 Å². The minimum absolute atomic E-state index is 0.0245. The van der Waals surface area contributed by atoms with E-state index in [0.717, 1.165) is 12.0 Å². The van der Waals surface area contributed by atoms with Gasteiger partial charge in [0.05, 0.1) is 25.4 Å². The van der Waals surface area contributed by atoms with Gasteiger partial charge in [-0.15, -0.1) is 0 Å². The fourth-order valence-electron chi connectivity index (χ4n) is 6.12. The van der Waals surface area contributed by atoms with Crippen molar-refractivity contribution in [1.29, 1.82) is 0 Å². The van der Waals surface area contributed by atoms with Crippen molar-refractivity contribution in [2.24, 2.45) is 17.3 Å². The Balaban J connectivity index is 1.59. The van der Waals surface area contributed by atoms with Crippen molar-refractivity contribution in [2.75, 3.05) is 19.7 Å². The summed E-state index contributed by atoms with van der Waals surface area (Å²) >= 11 is 5.57. The predicted molar refractivity (Wildman–Crippen MR) is 125 cm³/mol. The molecule has 1 aromatic carbocycles. The number of esters is 1. The molecule has 5 atom stereocenters. The molecule has 0 amide bonds. The fraction of sp³-hybridized carbons (Fsp3) is 0.667. The van der Waals surface area contributed by atoms with E-state index < -0.39 is 13.1 Å². The number of ketones is 1. The summed E-state index contributed by atoms with van der Waals surface area (Å²) in [5.74, 6) is 0.686. The molecule has 2 bridgehead atoms. The van der Waals surface area contributed by atoms with E-state index in [-0.39, 0.29) is 41.5 Å². The van der Waals surface area contributed by atoms with Gasteiger partial charge in [0, 0.05) is 5.94 Å². The first-order valence-electron chi connectivity index (χ1n) is 11.6. The lowest BCUT2D eigenvalue weighted by atomic mass is 9.43. The third-order valence-electron chi connectivity index (χ3n) is 8.06. The molecule has 5 unspecified atom stereocenters. The molecule has 1 aliphatic heterocycles. The molecule has 4 aliphatic rings. The maximum atomic E-state index is 12.4. The summed E-state index contributed by atoms with van der Waals surface area (Å²) in [6.45, 7) is 8.56. The Kier molecular flexibility index (Phi) is 6.84. The molecule has 1 aromatic rings. The van der Waals surface area contributed by atoms with Crippen LogP contribution in [0.25, 0.3) is 0 Å². The van der Waals surface area contributed by atoms with Gasteiger partial charge in [0.1, 0.15) is 17.1 Å². The van der Waals surface area contributed by atoms with Crippen molar-refractivity contribution in [1.82, 2.24) is 5.32 Å². The lowest BCUT2D eigenvalue weighted by Crippen LogP contribution is -2.65. The van der Waals surface area contributed by atoms with Gasteiger partial charge >= 0.3 is 13.1 Å². The summed E-state index contributed by atoms with van der Waals surface area (Å²) < 4.78 is 23.7. The second kappa shape index (κ2) is 9.21. The van der Waals surface area contributed by atoms with Crippen molar-refractivity contribution in [3.8, 4) is 5.75 Å². The second-order valence-corrected chi connectivity index (χ2v) is 10.5. The molecular formula is C24H33BClNO6. The van der Waals surface area contributed by atoms with Crippen LogP contribution in [0, 0.1) is 17.3 Å². The molecule has 3 aliphatic carbocycles. The maximum Gasteiger partial charge on any atom is 0.476 e. The van der Waals surface area contributed by atoms with Gasteiger partial charge in [0.25, 0.3) is 0 Å². The van der Waals surface area contributed by atoms with Crippen LogP contribution in [0.15, 0.2) is 18.2 Å². The van der Waals surface area contributed by atoms with E-state index in [1.807, 2.05) is 6.07 Å². The number of rotatable bonds is 9. The standard InChI is InChI=1S/C24H33BClNO6/c1-14(28)12-27-20(9-15-7-6-8-17(21(15)30-5)22(29)31-13-26)25-32-19-11-16-10-18(23(16,2)3)24(19,4)33-25/h6-8,16,18-20,27H,9-13H2,1-5H3. The minimum Gasteiger partial charge on any atom is -0.496 e. The Morgan fingerprint density at radius 1 is 1.30 bits per heavy atom. The number of alkyl halides is 1. The third-order valence-corrected chi connectivity index (χ3v) is 8.17. The van der Waals surface area contributed by atoms with Gasteiger partial charge in [-0.3, -0.25) is 4.79 Å². The normalized spacial score (nSPS) is 30.2. The van der Waals surface area contributed by atoms with Crippen LogP contribution in [-0.2, 0) is 25.3 Å². The van der Waals surface area contributed by atoms with Crippen LogP contribution in [0.2, 0.25) is 0 Å². The molecule has 3 saturated carbocycles. The number of halogens is 1. The number of hydrogen-bond acceptors (Lipinski definition) is 7. The van der Waals surface area contributed by atoms with Gasteiger partial charge in [-0.2, -0.15) is 0 Å². The molecule has 0 radical (unpaired) electrons. The quantitative estimate of drug-likeness (QED) is 0.331. The SMILES string of the molecule is COc1c(CC(NCC(C)=O)B2OC3CC4CC(C4(C)C)C3(C)O2)cccc1C(=O)OCCl. The maximum absolute atomic E-state index is 12.4. The topological polar surface area (TPSA) is 83.1 Å². The number of methoxy groups -OCH3 is 1. The van der Waals surface area contributed by atoms with Crippen LogP contribution in [0.3, 0.4) is 0 Å². The lowest BCUT2D eigenvalue weighted by Gasteiger charge is -2.64. The van der Waals surface area contributed by atoms with Gasteiger partial charge in [0.15, 0.2) is 6.07 Å². The Hall–Kier alpha value is -1.61. The van der Waals surface area contributed by atoms with E-state index in [1.54, 1.807) is 19.1 Å². The van der Waals surface area contributed by atoms with Crippen LogP contribution in [0.4, 0.5) is 0 Å². The Morgan fingerprint density at radius 3 is 2.70 bits per heavy atom. The number of carbonyl (C=O) groups is 2. The van der Waals surface area contributed by atoms with Crippen LogP contribution in [-0.4, -0.2) is 56.2 Å². The van der Waals surface area contributed by atoms with Crippen molar-refractivity contribution in [3.05, 3.63) is 29.3 Å². The zero-order valence-electron chi connectivity index (χ0n) is 20.0. The third kappa shape index (κ3) is 4.31. The minimum atomic E-state index is -0.550. The van der Waals surface area contributed by atoms with Crippen molar-refractivity contribution >= 4 is 30.5 Å². The first-order valence-corrected chi connectivity index (χ1v) is 12.1. The Bertz CT molecular complexity index is 926. The smallest absolute Gasteiger partial charge is 0.476 e.